The van der Waals surface area contributed by atoms with Crippen molar-refractivity contribution in [1.82, 2.24) is 25.0 Å². The number of hydrogen-bond acceptors (Lipinski definition) is 4. The van der Waals surface area contributed by atoms with Gasteiger partial charge in [-0.1, -0.05) is 24.3 Å². The van der Waals surface area contributed by atoms with Crippen LogP contribution in [0.3, 0.4) is 0 Å². The van der Waals surface area contributed by atoms with Crippen molar-refractivity contribution in [1.29, 1.82) is 0 Å². The van der Waals surface area contributed by atoms with Crippen molar-refractivity contribution in [2.45, 2.75) is 13.5 Å². The van der Waals surface area contributed by atoms with Gasteiger partial charge in [-0.15, -0.1) is 0 Å². The lowest BCUT2D eigenvalue weighted by Gasteiger charge is -2.35. The van der Waals surface area contributed by atoms with Crippen LogP contribution in [0, 0.1) is 0 Å². The van der Waals surface area contributed by atoms with Crippen LogP contribution in [0.5, 0.6) is 0 Å². The lowest BCUT2D eigenvalue weighted by atomic mass is 10.1. The summed E-state index contributed by atoms with van der Waals surface area (Å²) in [6, 6.07) is 10.2. The van der Waals surface area contributed by atoms with E-state index >= 15 is 0 Å². The number of aliphatic imine (C=N–C) groups is 1. The molecule has 8 nitrogen and oxygen atoms in total. The van der Waals surface area contributed by atoms with Crippen molar-refractivity contribution >= 4 is 28.3 Å². The standard InChI is InChI=1S/C21H25N7O/c1-3-22-21(24-13-19-18-7-5-4-6-16(18)8-9-23-19)27-10-11-28(20(29)15-27)17-12-25-26(2)14-17/h4-9,12,14H,3,10-11,13,15H2,1-2H3,(H,22,24). The molecule has 0 spiro atoms. The van der Waals surface area contributed by atoms with E-state index in [0.717, 1.165) is 34.7 Å². The first-order valence-corrected chi connectivity index (χ1v) is 9.80. The summed E-state index contributed by atoms with van der Waals surface area (Å²) in [5.74, 6) is 0.777. The molecule has 0 aliphatic carbocycles. The van der Waals surface area contributed by atoms with E-state index in [4.69, 9.17) is 4.99 Å². The normalized spacial score (nSPS) is 15.2. The molecule has 0 saturated carbocycles. The monoisotopic (exact) mass is 391 g/mol. The SMILES string of the molecule is CCNC(=NCc1nccc2ccccc12)N1CCN(c2cnn(C)c2)C(=O)C1. The summed E-state index contributed by atoms with van der Waals surface area (Å²) in [7, 11) is 1.85. The maximum Gasteiger partial charge on any atom is 0.246 e. The van der Waals surface area contributed by atoms with E-state index in [1.165, 1.54) is 0 Å². The molecule has 3 heterocycles. The van der Waals surface area contributed by atoms with Crippen LogP contribution >= 0.6 is 0 Å². The van der Waals surface area contributed by atoms with Gasteiger partial charge in [0.25, 0.3) is 0 Å². The molecule has 0 bridgehead atoms. The van der Waals surface area contributed by atoms with Gasteiger partial charge in [-0.05, 0) is 18.4 Å². The minimum atomic E-state index is 0.0399. The zero-order valence-electron chi connectivity index (χ0n) is 16.7. The molecule has 1 N–H and O–H groups in total. The second-order valence-corrected chi connectivity index (χ2v) is 6.99. The molecule has 29 heavy (non-hydrogen) atoms. The van der Waals surface area contributed by atoms with Gasteiger partial charge in [-0.25, -0.2) is 4.99 Å². The highest BCUT2D eigenvalue weighted by molar-refractivity contribution is 5.98. The number of benzene rings is 1. The highest BCUT2D eigenvalue weighted by Crippen LogP contribution is 2.18. The number of carbonyl (C=O) groups excluding carboxylic acids is 1. The molecule has 4 rings (SSSR count). The summed E-state index contributed by atoms with van der Waals surface area (Å²) in [6.07, 6.45) is 5.40. The molecule has 1 amide bonds. The third-order valence-corrected chi connectivity index (χ3v) is 4.99. The van der Waals surface area contributed by atoms with Crippen LogP contribution < -0.4 is 10.2 Å². The van der Waals surface area contributed by atoms with Gasteiger partial charge in [0.1, 0.15) is 6.54 Å². The lowest BCUT2D eigenvalue weighted by molar-refractivity contribution is -0.120. The van der Waals surface area contributed by atoms with Crippen molar-refractivity contribution in [3.63, 3.8) is 0 Å². The summed E-state index contributed by atoms with van der Waals surface area (Å²) in [5.41, 5.74) is 1.76. The van der Waals surface area contributed by atoms with Crippen LogP contribution in [0.25, 0.3) is 10.8 Å². The Kier molecular flexibility index (Phi) is 5.41. The summed E-state index contributed by atoms with van der Waals surface area (Å²) in [4.78, 5) is 25.8. The van der Waals surface area contributed by atoms with Crippen LogP contribution in [0.15, 0.2) is 53.9 Å². The van der Waals surface area contributed by atoms with Gasteiger partial charge in [0, 0.05) is 44.5 Å². The minimum Gasteiger partial charge on any atom is -0.356 e. The molecule has 1 aromatic carbocycles. The fourth-order valence-corrected chi connectivity index (χ4v) is 3.56. The van der Waals surface area contributed by atoms with E-state index in [-0.39, 0.29) is 12.5 Å². The topological polar surface area (TPSA) is 78.7 Å². The van der Waals surface area contributed by atoms with Gasteiger partial charge in [-0.2, -0.15) is 5.10 Å². The smallest absolute Gasteiger partial charge is 0.246 e. The Hall–Kier alpha value is -3.42. The molecular weight excluding hydrogens is 366 g/mol. The molecule has 0 radical (unpaired) electrons. The Balaban J connectivity index is 1.51. The van der Waals surface area contributed by atoms with Crippen molar-refractivity contribution in [2.24, 2.45) is 12.0 Å². The summed E-state index contributed by atoms with van der Waals surface area (Å²) < 4.78 is 1.71. The predicted octanol–water partition coefficient (Wildman–Crippen LogP) is 1.78. The average Bonchev–Trinajstić information content (AvgIpc) is 3.17. The maximum atomic E-state index is 12.7. The van der Waals surface area contributed by atoms with Gasteiger partial charge < -0.3 is 15.1 Å². The number of guanidine groups is 1. The van der Waals surface area contributed by atoms with Crippen molar-refractivity contribution in [2.75, 3.05) is 31.1 Å². The van der Waals surface area contributed by atoms with Crippen molar-refractivity contribution < 1.29 is 4.79 Å². The molecule has 1 fully saturated rings. The van der Waals surface area contributed by atoms with E-state index in [1.54, 1.807) is 15.8 Å². The number of aryl methyl sites for hydroxylation is 1. The van der Waals surface area contributed by atoms with Gasteiger partial charge in [0.15, 0.2) is 5.96 Å². The van der Waals surface area contributed by atoms with Gasteiger partial charge in [0.05, 0.1) is 24.1 Å². The van der Waals surface area contributed by atoms with Crippen LogP contribution in [-0.2, 0) is 18.4 Å². The maximum absolute atomic E-state index is 12.7. The zero-order valence-corrected chi connectivity index (χ0v) is 16.7. The zero-order chi connectivity index (χ0) is 20.2. The predicted molar refractivity (Wildman–Crippen MR) is 114 cm³/mol. The highest BCUT2D eigenvalue weighted by atomic mass is 16.2. The molecule has 1 saturated heterocycles. The Morgan fingerprint density at radius 3 is 2.86 bits per heavy atom. The molecule has 0 unspecified atom stereocenters. The third kappa shape index (κ3) is 4.06. The van der Waals surface area contributed by atoms with E-state index in [0.29, 0.717) is 19.6 Å². The van der Waals surface area contributed by atoms with E-state index in [1.807, 2.05) is 49.5 Å². The number of nitrogens with one attached hydrogen (secondary N) is 1. The molecule has 8 heteroatoms. The van der Waals surface area contributed by atoms with E-state index in [9.17, 15) is 4.79 Å². The number of nitrogens with zero attached hydrogens (tertiary/aromatic N) is 6. The van der Waals surface area contributed by atoms with E-state index in [2.05, 4.69) is 27.5 Å². The average molecular weight is 391 g/mol. The van der Waals surface area contributed by atoms with Gasteiger partial charge >= 0.3 is 0 Å². The van der Waals surface area contributed by atoms with Crippen molar-refractivity contribution in [3.8, 4) is 0 Å². The number of piperazine rings is 1. The van der Waals surface area contributed by atoms with E-state index < -0.39 is 0 Å². The number of hydrogen-bond donors (Lipinski definition) is 1. The van der Waals surface area contributed by atoms with Crippen LogP contribution in [0.1, 0.15) is 12.6 Å². The van der Waals surface area contributed by atoms with Crippen molar-refractivity contribution in [3.05, 3.63) is 54.6 Å². The number of carbonyl (C=O) groups is 1. The third-order valence-electron chi connectivity index (χ3n) is 4.99. The fraction of sp³-hybridized carbons (Fsp3) is 0.333. The summed E-state index contributed by atoms with van der Waals surface area (Å²) in [5, 5.41) is 9.73. The largest absolute Gasteiger partial charge is 0.356 e. The number of amides is 1. The molecule has 150 valence electrons. The molecular formula is C21H25N7O. The molecule has 1 aliphatic rings. The quantitative estimate of drug-likeness (QED) is 0.542. The number of aromatic nitrogens is 3. The summed E-state index contributed by atoms with van der Waals surface area (Å²) >= 11 is 0. The summed E-state index contributed by atoms with van der Waals surface area (Å²) in [6.45, 7) is 4.81. The first-order chi connectivity index (χ1) is 14.2. The van der Waals surface area contributed by atoms with Gasteiger partial charge in [0.2, 0.25) is 5.91 Å². The highest BCUT2D eigenvalue weighted by Gasteiger charge is 2.27. The second kappa shape index (κ2) is 8.30. The first kappa shape index (κ1) is 18.9. The molecule has 2 aromatic heterocycles. The number of fused-ring (bicyclic) bond motifs is 1. The number of pyridine rings is 1. The Bertz CT molecular complexity index is 1040. The van der Waals surface area contributed by atoms with Crippen LogP contribution in [0.4, 0.5) is 5.69 Å². The fourth-order valence-electron chi connectivity index (χ4n) is 3.56. The number of anilines is 1. The molecule has 0 atom stereocenters. The Labute approximate surface area is 169 Å². The first-order valence-electron chi connectivity index (χ1n) is 9.80. The Morgan fingerprint density at radius 2 is 2.10 bits per heavy atom. The molecule has 1 aliphatic heterocycles. The van der Waals surface area contributed by atoms with Crippen LogP contribution in [-0.4, -0.2) is 57.7 Å². The molecule has 3 aromatic rings. The minimum absolute atomic E-state index is 0.0399. The van der Waals surface area contributed by atoms with Gasteiger partial charge in [-0.3, -0.25) is 14.5 Å². The number of rotatable bonds is 4. The Morgan fingerprint density at radius 1 is 1.24 bits per heavy atom. The van der Waals surface area contributed by atoms with Crippen LogP contribution in [0.2, 0.25) is 0 Å². The second-order valence-electron chi connectivity index (χ2n) is 6.99. The lowest BCUT2D eigenvalue weighted by Crippen LogP contribution is -2.55.